The van der Waals surface area contributed by atoms with Gasteiger partial charge in [0.1, 0.15) is 18.9 Å². The van der Waals surface area contributed by atoms with Gasteiger partial charge in [0.15, 0.2) is 11.2 Å². The minimum Gasteiger partial charge on any atom is -0.494 e. The van der Waals surface area contributed by atoms with Crippen LogP contribution in [0.1, 0.15) is 17.3 Å². The summed E-state index contributed by atoms with van der Waals surface area (Å²) in [6.45, 7) is 2.23. The number of rotatable bonds is 8. The second kappa shape index (κ2) is 9.28. The van der Waals surface area contributed by atoms with Gasteiger partial charge in [0, 0.05) is 19.7 Å². The number of carbonyl (C=O) groups excluding carboxylic acids is 2. The van der Waals surface area contributed by atoms with E-state index in [0.717, 1.165) is 4.57 Å². The molecule has 1 amide bonds. The van der Waals surface area contributed by atoms with E-state index in [1.807, 2.05) is 6.92 Å². The molecule has 1 aromatic carbocycles. The minimum absolute atomic E-state index is 0.0325. The predicted octanol–water partition coefficient (Wildman–Crippen LogP) is -0.194. The fraction of sp³-hybridized carbons (Fsp3) is 0.350. The lowest BCUT2D eigenvalue weighted by atomic mass is 10.2. The molecular weight excluding hydrogens is 406 g/mol. The largest absolute Gasteiger partial charge is 0.494 e. The first kappa shape index (κ1) is 21.8. The van der Waals surface area contributed by atoms with Gasteiger partial charge >= 0.3 is 11.7 Å². The summed E-state index contributed by atoms with van der Waals surface area (Å²) in [5, 5.41) is 2.49. The molecule has 11 nitrogen and oxygen atoms in total. The Bertz CT molecular complexity index is 1220. The van der Waals surface area contributed by atoms with E-state index in [1.165, 1.54) is 29.6 Å². The highest BCUT2D eigenvalue weighted by Gasteiger charge is 2.15. The molecule has 0 unspecified atom stereocenters. The number of hydrogen-bond donors (Lipinski definition) is 1. The number of aromatic nitrogens is 4. The lowest BCUT2D eigenvalue weighted by Crippen LogP contribution is -2.37. The van der Waals surface area contributed by atoms with Crippen molar-refractivity contribution in [3.63, 3.8) is 0 Å². The van der Waals surface area contributed by atoms with E-state index in [9.17, 15) is 19.2 Å². The molecular formula is C20H23N5O6. The van der Waals surface area contributed by atoms with Crippen LogP contribution in [-0.2, 0) is 30.2 Å². The number of fused-ring (bicyclic) bond motifs is 1. The molecule has 11 heteroatoms. The molecule has 0 aliphatic rings. The zero-order chi connectivity index (χ0) is 22.5. The van der Waals surface area contributed by atoms with E-state index in [0.29, 0.717) is 17.9 Å². The number of hydrogen-bond acceptors (Lipinski definition) is 7. The van der Waals surface area contributed by atoms with Crippen LogP contribution in [-0.4, -0.2) is 50.3 Å². The molecule has 0 atom stereocenters. The van der Waals surface area contributed by atoms with E-state index in [1.54, 1.807) is 24.3 Å². The van der Waals surface area contributed by atoms with E-state index in [2.05, 4.69) is 10.3 Å². The standard InChI is InChI=1S/C20H23N5O6/c1-4-30-14-7-5-13(6-8-14)18(27)21-11-15(26)31-10-9-25-12-22-17-16(25)19(28)24(3)20(29)23(17)2/h5-8,12H,4,9-11H2,1-3H3,(H,21,27). The van der Waals surface area contributed by atoms with Gasteiger partial charge in [-0.25, -0.2) is 9.78 Å². The van der Waals surface area contributed by atoms with Crippen LogP contribution < -0.4 is 21.3 Å². The molecule has 0 aliphatic heterocycles. The third-order valence-corrected chi connectivity index (χ3v) is 4.63. The first-order chi connectivity index (χ1) is 14.8. The highest BCUT2D eigenvalue weighted by Crippen LogP contribution is 2.12. The first-order valence-corrected chi connectivity index (χ1v) is 9.61. The van der Waals surface area contributed by atoms with Crippen LogP contribution in [0.15, 0.2) is 40.2 Å². The Kier molecular flexibility index (Phi) is 6.53. The Hall–Kier alpha value is -3.89. The Morgan fingerprint density at radius 2 is 1.81 bits per heavy atom. The van der Waals surface area contributed by atoms with Crippen molar-refractivity contribution in [1.29, 1.82) is 0 Å². The van der Waals surface area contributed by atoms with E-state index in [-0.39, 0.29) is 30.9 Å². The van der Waals surface area contributed by atoms with Crippen LogP contribution in [0.3, 0.4) is 0 Å². The molecule has 2 heterocycles. The Morgan fingerprint density at radius 1 is 1.10 bits per heavy atom. The fourth-order valence-corrected chi connectivity index (χ4v) is 3.00. The van der Waals surface area contributed by atoms with E-state index >= 15 is 0 Å². The van der Waals surface area contributed by atoms with E-state index < -0.39 is 23.1 Å². The summed E-state index contributed by atoms with van der Waals surface area (Å²) < 4.78 is 14.2. The normalized spacial score (nSPS) is 10.8. The third kappa shape index (κ3) is 4.65. The molecule has 2 aromatic heterocycles. The van der Waals surface area contributed by atoms with Gasteiger partial charge in [0.25, 0.3) is 11.5 Å². The number of esters is 1. The van der Waals surface area contributed by atoms with Crippen LogP contribution in [0, 0.1) is 0 Å². The van der Waals surface area contributed by atoms with Crippen molar-refractivity contribution >= 4 is 23.0 Å². The molecule has 0 spiro atoms. The van der Waals surface area contributed by atoms with Crippen molar-refractivity contribution in [2.45, 2.75) is 13.5 Å². The summed E-state index contributed by atoms with van der Waals surface area (Å²) in [6, 6.07) is 6.55. The van der Waals surface area contributed by atoms with Gasteiger partial charge in [-0.15, -0.1) is 0 Å². The number of ether oxygens (including phenoxy) is 2. The molecule has 0 bridgehead atoms. The number of aryl methyl sites for hydroxylation is 1. The summed E-state index contributed by atoms with van der Waals surface area (Å²) in [6.07, 6.45) is 1.41. The van der Waals surface area contributed by atoms with E-state index in [4.69, 9.17) is 9.47 Å². The molecule has 0 radical (unpaired) electrons. The Labute approximate surface area is 176 Å². The third-order valence-electron chi connectivity index (χ3n) is 4.63. The molecule has 0 fully saturated rings. The topological polar surface area (TPSA) is 126 Å². The van der Waals surface area contributed by atoms with Crippen LogP contribution in [0.5, 0.6) is 5.75 Å². The number of benzene rings is 1. The molecule has 0 saturated heterocycles. The van der Waals surface area contributed by atoms with Crippen LogP contribution in [0.2, 0.25) is 0 Å². The van der Waals surface area contributed by atoms with Gasteiger partial charge in [-0.05, 0) is 31.2 Å². The van der Waals surface area contributed by atoms with Crippen molar-refractivity contribution in [3.8, 4) is 5.75 Å². The monoisotopic (exact) mass is 429 g/mol. The maximum absolute atomic E-state index is 12.4. The quantitative estimate of drug-likeness (QED) is 0.492. The smallest absolute Gasteiger partial charge is 0.332 e. The average Bonchev–Trinajstić information content (AvgIpc) is 3.19. The lowest BCUT2D eigenvalue weighted by Gasteiger charge is -2.09. The van der Waals surface area contributed by atoms with Gasteiger partial charge < -0.3 is 19.4 Å². The molecule has 31 heavy (non-hydrogen) atoms. The number of amides is 1. The van der Waals surface area contributed by atoms with Gasteiger partial charge in [-0.1, -0.05) is 0 Å². The molecule has 0 aliphatic carbocycles. The highest BCUT2D eigenvalue weighted by molar-refractivity contribution is 5.96. The predicted molar refractivity (Wildman–Crippen MR) is 111 cm³/mol. The average molecular weight is 429 g/mol. The Morgan fingerprint density at radius 3 is 2.48 bits per heavy atom. The maximum atomic E-state index is 12.4. The lowest BCUT2D eigenvalue weighted by molar-refractivity contribution is -0.142. The van der Waals surface area contributed by atoms with Crippen molar-refractivity contribution in [1.82, 2.24) is 24.0 Å². The first-order valence-electron chi connectivity index (χ1n) is 9.61. The molecule has 3 aromatic rings. The van der Waals surface area contributed by atoms with Gasteiger partial charge in [0.2, 0.25) is 0 Å². The van der Waals surface area contributed by atoms with Crippen LogP contribution in [0.4, 0.5) is 0 Å². The van der Waals surface area contributed by atoms with Crippen molar-refractivity contribution < 1.29 is 19.1 Å². The molecule has 0 saturated carbocycles. The summed E-state index contributed by atoms with van der Waals surface area (Å²) in [4.78, 5) is 52.5. The summed E-state index contributed by atoms with van der Waals surface area (Å²) in [5.41, 5.74) is -0.0731. The van der Waals surface area contributed by atoms with Gasteiger partial charge in [0.05, 0.1) is 19.5 Å². The molecule has 164 valence electrons. The van der Waals surface area contributed by atoms with Crippen molar-refractivity contribution in [3.05, 3.63) is 57.0 Å². The van der Waals surface area contributed by atoms with Crippen LogP contribution in [0.25, 0.3) is 11.2 Å². The number of imidazole rings is 1. The molecule has 3 rings (SSSR count). The highest BCUT2D eigenvalue weighted by atomic mass is 16.5. The summed E-state index contributed by atoms with van der Waals surface area (Å²) in [5.74, 6) is -0.380. The maximum Gasteiger partial charge on any atom is 0.332 e. The zero-order valence-electron chi connectivity index (χ0n) is 17.5. The second-order valence-corrected chi connectivity index (χ2v) is 6.68. The minimum atomic E-state index is -0.621. The van der Waals surface area contributed by atoms with Crippen LogP contribution >= 0.6 is 0 Å². The Balaban J connectivity index is 1.53. The number of nitrogens with one attached hydrogen (secondary N) is 1. The van der Waals surface area contributed by atoms with Crippen molar-refractivity contribution in [2.24, 2.45) is 14.1 Å². The van der Waals surface area contributed by atoms with Gasteiger partial charge in [-0.3, -0.25) is 23.5 Å². The SMILES string of the molecule is CCOc1ccc(C(=O)NCC(=O)OCCn2cnc3c2c(=O)n(C)c(=O)n3C)cc1. The van der Waals surface area contributed by atoms with Crippen molar-refractivity contribution in [2.75, 3.05) is 19.8 Å². The molecule has 1 N–H and O–H groups in total. The number of nitrogens with zero attached hydrogens (tertiary/aromatic N) is 4. The summed E-state index contributed by atoms with van der Waals surface area (Å²) >= 11 is 0. The van der Waals surface area contributed by atoms with Gasteiger partial charge in [-0.2, -0.15) is 0 Å². The second-order valence-electron chi connectivity index (χ2n) is 6.68. The number of carbonyl (C=O) groups is 2. The fourth-order valence-electron chi connectivity index (χ4n) is 3.00. The summed E-state index contributed by atoms with van der Waals surface area (Å²) in [7, 11) is 2.91. The zero-order valence-corrected chi connectivity index (χ0v) is 17.5.